The van der Waals surface area contributed by atoms with E-state index in [1.807, 2.05) is 18.2 Å². The SMILES string of the molecule is CCN(CC)C(CNCC(=O)c1ccc(OC)cc1)c1ccccc1Cl. The maximum atomic E-state index is 12.4. The normalized spacial score (nSPS) is 12.2. The van der Waals surface area contributed by atoms with Gasteiger partial charge in [-0.05, 0) is 49.0 Å². The largest absolute Gasteiger partial charge is 0.497 e. The third-order valence-corrected chi connectivity index (χ3v) is 4.90. The summed E-state index contributed by atoms with van der Waals surface area (Å²) in [7, 11) is 1.61. The quantitative estimate of drug-likeness (QED) is 0.633. The standard InChI is InChI=1S/C21H27ClN2O2/c1-4-24(5-2)20(18-8-6-7-9-19(18)22)14-23-15-21(25)16-10-12-17(26-3)13-11-16/h6-13,20,23H,4-5,14-15H2,1-3H3. The summed E-state index contributed by atoms with van der Waals surface area (Å²) < 4.78 is 5.13. The minimum absolute atomic E-state index is 0.0603. The number of halogens is 1. The van der Waals surface area contributed by atoms with E-state index in [2.05, 4.69) is 30.1 Å². The molecule has 2 aromatic rings. The number of likely N-dealkylation sites (N-methyl/N-ethyl adjacent to an activating group) is 1. The fraction of sp³-hybridized carbons (Fsp3) is 0.381. The van der Waals surface area contributed by atoms with Crippen molar-refractivity contribution < 1.29 is 9.53 Å². The van der Waals surface area contributed by atoms with Crippen LogP contribution < -0.4 is 10.1 Å². The highest BCUT2D eigenvalue weighted by Gasteiger charge is 2.20. The molecule has 0 aliphatic carbocycles. The van der Waals surface area contributed by atoms with Gasteiger partial charge in [-0.2, -0.15) is 0 Å². The van der Waals surface area contributed by atoms with E-state index in [9.17, 15) is 4.79 Å². The average Bonchev–Trinajstić information content (AvgIpc) is 2.68. The third kappa shape index (κ3) is 5.31. The second-order valence-electron chi connectivity index (χ2n) is 6.04. The van der Waals surface area contributed by atoms with Crippen LogP contribution in [0.4, 0.5) is 0 Å². The summed E-state index contributed by atoms with van der Waals surface area (Å²) in [4.78, 5) is 14.7. The van der Waals surface area contributed by atoms with Gasteiger partial charge in [-0.25, -0.2) is 0 Å². The number of hydrogen-bond donors (Lipinski definition) is 1. The van der Waals surface area contributed by atoms with E-state index in [0.717, 1.165) is 29.4 Å². The van der Waals surface area contributed by atoms with E-state index in [1.165, 1.54) is 0 Å². The lowest BCUT2D eigenvalue weighted by Gasteiger charge is -2.31. The smallest absolute Gasteiger partial charge is 0.176 e. The molecular weight excluding hydrogens is 348 g/mol. The Balaban J connectivity index is 2.02. The second kappa shape index (κ2) is 10.3. The predicted molar refractivity (Wildman–Crippen MR) is 107 cm³/mol. The van der Waals surface area contributed by atoms with Crippen LogP contribution in [0, 0.1) is 0 Å². The number of carbonyl (C=O) groups is 1. The van der Waals surface area contributed by atoms with Crippen molar-refractivity contribution in [2.75, 3.05) is 33.3 Å². The van der Waals surface area contributed by atoms with Gasteiger partial charge in [-0.15, -0.1) is 0 Å². The Kier molecular flexibility index (Phi) is 8.10. The Morgan fingerprint density at radius 2 is 1.77 bits per heavy atom. The highest BCUT2D eigenvalue weighted by molar-refractivity contribution is 6.31. The average molecular weight is 375 g/mol. The zero-order valence-corrected chi connectivity index (χ0v) is 16.4. The molecule has 1 unspecified atom stereocenters. The summed E-state index contributed by atoms with van der Waals surface area (Å²) in [6.07, 6.45) is 0. The molecule has 4 nitrogen and oxygen atoms in total. The zero-order chi connectivity index (χ0) is 18.9. The van der Waals surface area contributed by atoms with Crippen LogP contribution in [0.3, 0.4) is 0 Å². The minimum Gasteiger partial charge on any atom is -0.497 e. The number of benzene rings is 2. The Bertz CT molecular complexity index is 699. The van der Waals surface area contributed by atoms with Crippen LogP contribution in [0.1, 0.15) is 35.8 Å². The van der Waals surface area contributed by atoms with Gasteiger partial charge in [0.25, 0.3) is 0 Å². The van der Waals surface area contributed by atoms with E-state index in [-0.39, 0.29) is 18.4 Å². The molecule has 0 radical (unpaired) electrons. The first-order valence-corrected chi connectivity index (χ1v) is 9.34. The molecule has 0 amide bonds. The van der Waals surface area contributed by atoms with Crippen molar-refractivity contribution >= 4 is 17.4 Å². The molecule has 1 atom stereocenters. The van der Waals surface area contributed by atoms with E-state index in [0.29, 0.717) is 12.1 Å². The van der Waals surface area contributed by atoms with Crippen molar-refractivity contribution in [1.29, 1.82) is 0 Å². The van der Waals surface area contributed by atoms with Gasteiger partial charge in [0, 0.05) is 23.2 Å². The number of nitrogens with one attached hydrogen (secondary N) is 1. The lowest BCUT2D eigenvalue weighted by atomic mass is 10.0. The highest BCUT2D eigenvalue weighted by Crippen LogP contribution is 2.26. The second-order valence-corrected chi connectivity index (χ2v) is 6.45. The van der Waals surface area contributed by atoms with E-state index in [1.54, 1.807) is 31.4 Å². The first-order valence-electron chi connectivity index (χ1n) is 8.97. The Labute approximate surface area is 161 Å². The minimum atomic E-state index is 0.0603. The first kappa shape index (κ1) is 20.4. The van der Waals surface area contributed by atoms with Crippen molar-refractivity contribution in [3.8, 4) is 5.75 Å². The maximum absolute atomic E-state index is 12.4. The number of carbonyl (C=O) groups excluding carboxylic acids is 1. The molecule has 2 rings (SSSR count). The lowest BCUT2D eigenvalue weighted by Crippen LogP contribution is -2.37. The van der Waals surface area contributed by atoms with Gasteiger partial charge in [0.15, 0.2) is 5.78 Å². The molecule has 0 aliphatic heterocycles. The number of hydrogen-bond acceptors (Lipinski definition) is 4. The van der Waals surface area contributed by atoms with Crippen LogP contribution >= 0.6 is 11.6 Å². The summed E-state index contributed by atoms with van der Waals surface area (Å²) in [5, 5.41) is 4.06. The fourth-order valence-electron chi connectivity index (χ4n) is 3.05. The summed E-state index contributed by atoms with van der Waals surface area (Å²) >= 11 is 6.41. The van der Waals surface area contributed by atoms with Gasteiger partial charge >= 0.3 is 0 Å². The van der Waals surface area contributed by atoms with Gasteiger partial charge in [0.1, 0.15) is 5.75 Å². The summed E-state index contributed by atoms with van der Waals surface area (Å²) in [5.41, 5.74) is 1.76. The molecule has 0 saturated carbocycles. The molecule has 0 aliphatic rings. The van der Waals surface area contributed by atoms with Gasteiger partial charge < -0.3 is 10.1 Å². The molecule has 0 saturated heterocycles. The molecule has 2 aromatic carbocycles. The summed E-state index contributed by atoms with van der Waals surface area (Å²) in [6.45, 7) is 7.05. The van der Waals surface area contributed by atoms with Crippen LogP contribution in [0.5, 0.6) is 5.75 Å². The molecule has 5 heteroatoms. The van der Waals surface area contributed by atoms with E-state index < -0.39 is 0 Å². The van der Waals surface area contributed by atoms with Gasteiger partial charge in [-0.3, -0.25) is 9.69 Å². The molecular formula is C21H27ClN2O2. The van der Waals surface area contributed by atoms with Crippen molar-refractivity contribution in [3.05, 3.63) is 64.7 Å². The zero-order valence-electron chi connectivity index (χ0n) is 15.7. The van der Waals surface area contributed by atoms with Crippen molar-refractivity contribution in [2.24, 2.45) is 0 Å². The summed E-state index contributed by atoms with van der Waals surface area (Å²) in [6, 6.07) is 15.2. The molecule has 0 aromatic heterocycles. The first-order chi connectivity index (χ1) is 12.6. The summed E-state index contributed by atoms with van der Waals surface area (Å²) in [5.74, 6) is 0.805. The van der Waals surface area contributed by atoms with Crippen molar-refractivity contribution in [3.63, 3.8) is 0 Å². The number of rotatable bonds is 10. The molecule has 1 N–H and O–H groups in total. The predicted octanol–water partition coefficient (Wildman–Crippen LogP) is 4.20. The van der Waals surface area contributed by atoms with Crippen LogP contribution in [-0.4, -0.2) is 44.0 Å². The molecule has 140 valence electrons. The highest BCUT2D eigenvalue weighted by atomic mass is 35.5. The van der Waals surface area contributed by atoms with Crippen molar-refractivity contribution in [1.82, 2.24) is 10.2 Å². The lowest BCUT2D eigenvalue weighted by molar-refractivity contribution is 0.0987. The topological polar surface area (TPSA) is 41.6 Å². The maximum Gasteiger partial charge on any atom is 0.176 e. The molecule has 0 fully saturated rings. The molecule has 0 heterocycles. The Morgan fingerprint density at radius 3 is 2.35 bits per heavy atom. The van der Waals surface area contributed by atoms with E-state index >= 15 is 0 Å². The van der Waals surface area contributed by atoms with E-state index in [4.69, 9.17) is 16.3 Å². The Hall–Kier alpha value is -1.88. The van der Waals surface area contributed by atoms with Crippen molar-refractivity contribution in [2.45, 2.75) is 19.9 Å². The number of methoxy groups -OCH3 is 1. The van der Waals surface area contributed by atoms with Crippen LogP contribution in [0.15, 0.2) is 48.5 Å². The van der Waals surface area contributed by atoms with Gasteiger partial charge in [0.2, 0.25) is 0 Å². The molecule has 0 bridgehead atoms. The third-order valence-electron chi connectivity index (χ3n) is 4.55. The Morgan fingerprint density at radius 1 is 1.12 bits per heavy atom. The number of nitrogens with zero attached hydrogens (tertiary/aromatic N) is 1. The number of ketones is 1. The fourth-order valence-corrected chi connectivity index (χ4v) is 3.31. The molecule has 26 heavy (non-hydrogen) atoms. The number of ether oxygens (including phenoxy) is 1. The molecule has 0 spiro atoms. The van der Waals surface area contributed by atoms with Gasteiger partial charge in [0.05, 0.1) is 13.7 Å². The number of Topliss-reactive ketones (excluding diaryl/α,β-unsaturated/α-hetero) is 1. The van der Waals surface area contributed by atoms with Crippen LogP contribution in [0.25, 0.3) is 0 Å². The van der Waals surface area contributed by atoms with Crippen LogP contribution in [0.2, 0.25) is 5.02 Å². The van der Waals surface area contributed by atoms with Gasteiger partial charge in [-0.1, -0.05) is 43.6 Å². The van der Waals surface area contributed by atoms with Crippen LogP contribution in [-0.2, 0) is 0 Å². The monoisotopic (exact) mass is 374 g/mol.